The minimum absolute atomic E-state index is 0.520. The van der Waals surface area contributed by atoms with Gasteiger partial charge in [-0.3, -0.25) is 4.99 Å². The number of methoxy groups -OCH3 is 1. The molecular formula is C15H21N3O. The highest BCUT2D eigenvalue weighted by molar-refractivity contribution is 5.81. The Kier molecular flexibility index (Phi) is 3.32. The van der Waals surface area contributed by atoms with Gasteiger partial charge in [0.1, 0.15) is 5.75 Å². The number of benzene rings is 1. The molecule has 1 aromatic carbocycles. The van der Waals surface area contributed by atoms with Gasteiger partial charge in [0.05, 0.1) is 7.11 Å². The van der Waals surface area contributed by atoms with Gasteiger partial charge in [-0.15, -0.1) is 0 Å². The second kappa shape index (κ2) is 5.11. The van der Waals surface area contributed by atoms with E-state index in [1.54, 1.807) is 7.11 Å². The van der Waals surface area contributed by atoms with E-state index in [0.29, 0.717) is 12.0 Å². The number of nitrogens with one attached hydrogen (secondary N) is 1. The molecule has 102 valence electrons. The Morgan fingerprint density at radius 1 is 1.42 bits per heavy atom. The van der Waals surface area contributed by atoms with Gasteiger partial charge in [0, 0.05) is 32.1 Å². The maximum absolute atomic E-state index is 5.28. The van der Waals surface area contributed by atoms with Gasteiger partial charge >= 0.3 is 0 Å². The van der Waals surface area contributed by atoms with E-state index in [0.717, 1.165) is 31.2 Å². The van der Waals surface area contributed by atoms with Gasteiger partial charge < -0.3 is 15.0 Å². The first kappa shape index (κ1) is 12.3. The van der Waals surface area contributed by atoms with Crippen LogP contribution < -0.4 is 10.1 Å². The third-order valence-corrected chi connectivity index (χ3v) is 3.90. The highest BCUT2D eigenvalue weighted by atomic mass is 16.5. The van der Waals surface area contributed by atoms with Crippen LogP contribution in [0.2, 0.25) is 0 Å². The minimum atomic E-state index is 0.520. The van der Waals surface area contributed by atoms with E-state index in [1.165, 1.54) is 12.0 Å². The molecule has 4 nitrogen and oxygen atoms in total. The van der Waals surface area contributed by atoms with Gasteiger partial charge in [0.2, 0.25) is 0 Å². The highest BCUT2D eigenvalue weighted by Gasteiger charge is 2.39. The van der Waals surface area contributed by atoms with Gasteiger partial charge in [0.15, 0.2) is 5.96 Å². The average molecular weight is 259 g/mol. The van der Waals surface area contributed by atoms with Crippen LogP contribution in [-0.4, -0.2) is 44.1 Å². The van der Waals surface area contributed by atoms with Crippen LogP contribution >= 0.6 is 0 Å². The number of rotatable bonds is 3. The zero-order valence-corrected chi connectivity index (χ0v) is 11.6. The molecule has 1 saturated carbocycles. The summed E-state index contributed by atoms with van der Waals surface area (Å²) in [6, 6.07) is 8.90. The van der Waals surface area contributed by atoms with E-state index in [-0.39, 0.29) is 0 Å². The summed E-state index contributed by atoms with van der Waals surface area (Å²) in [6.45, 7) is 2.05. The van der Waals surface area contributed by atoms with Crippen LogP contribution in [0.1, 0.15) is 24.3 Å². The van der Waals surface area contributed by atoms with Crippen LogP contribution in [-0.2, 0) is 0 Å². The van der Waals surface area contributed by atoms with Gasteiger partial charge in [0.25, 0.3) is 0 Å². The van der Waals surface area contributed by atoms with Crippen molar-refractivity contribution < 1.29 is 4.74 Å². The first-order valence-electron chi connectivity index (χ1n) is 6.94. The van der Waals surface area contributed by atoms with Crippen LogP contribution in [0.15, 0.2) is 29.3 Å². The molecule has 1 N–H and O–H groups in total. The summed E-state index contributed by atoms with van der Waals surface area (Å²) in [5, 5.41) is 3.56. The fourth-order valence-corrected chi connectivity index (χ4v) is 2.64. The van der Waals surface area contributed by atoms with E-state index >= 15 is 0 Å². The molecule has 1 heterocycles. The summed E-state index contributed by atoms with van der Waals surface area (Å²) in [6.07, 6.45) is 2.34. The second-order valence-electron chi connectivity index (χ2n) is 5.35. The van der Waals surface area contributed by atoms with Crippen molar-refractivity contribution in [2.24, 2.45) is 4.99 Å². The van der Waals surface area contributed by atoms with Gasteiger partial charge in [-0.05, 0) is 30.5 Å². The molecule has 0 saturated heterocycles. The van der Waals surface area contributed by atoms with E-state index in [4.69, 9.17) is 4.74 Å². The number of hydrogen-bond acceptors (Lipinski definition) is 4. The second-order valence-corrected chi connectivity index (χ2v) is 5.35. The summed E-state index contributed by atoms with van der Waals surface area (Å²) < 4.78 is 5.28. The zero-order valence-electron chi connectivity index (χ0n) is 11.6. The lowest BCUT2D eigenvalue weighted by molar-refractivity contribution is 0.414. The van der Waals surface area contributed by atoms with E-state index in [9.17, 15) is 0 Å². The average Bonchev–Trinajstić information content (AvgIpc) is 3.21. The molecule has 2 aliphatic rings. The third-order valence-electron chi connectivity index (χ3n) is 3.90. The Morgan fingerprint density at radius 3 is 3.11 bits per heavy atom. The van der Waals surface area contributed by atoms with Crippen molar-refractivity contribution in [1.29, 1.82) is 0 Å². The van der Waals surface area contributed by atoms with Crippen molar-refractivity contribution in [2.45, 2.75) is 24.8 Å². The molecule has 2 atom stereocenters. The molecule has 0 radical (unpaired) electrons. The van der Waals surface area contributed by atoms with Crippen LogP contribution in [0.3, 0.4) is 0 Å². The zero-order chi connectivity index (χ0) is 13.2. The Bertz CT molecular complexity index is 486. The molecule has 1 aromatic rings. The Morgan fingerprint density at radius 2 is 2.32 bits per heavy atom. The number of ether oxygens (including phenoxy) is 1. The summed E-state index contributed by atoms with van der Waals surface area (Å²) in [7, 11) is 3.82. The smallest absolute Gasteiger partial charge is 0.193 e. The number of guanidine groups is 1. The van der Waals surface area contributed by atoms with Crippen molar-refractivity contribution in [1.82, 2.24) is 10.2 Å². The van der Waals surface area contributed by atoms with Crippen molar-refractivity contribution in [3.63, 3.8) is 0 Å². The predicted octanol–water partition coefficient (Wildman–Crippen LogP) is 1.83. The van der Waals surface area contributed by atoms with Crippen molar-refractivity contribution in [3.05, 3.63) is 29.8 Å². The molecule has 1 fully saturated rings. The van der Waals surface area contributed by atoms with Crippen LogP contribution in [0.5, 0.6) is 5.75 Å². The third kappa shape index (κ3) is 2.67. The monoisotopic (exact) mass is 259 g/mol. The normalized spacial score (nSPS) is 25.8. The molecule has 0 amide bonds. The lowest BCUT2D eigenvalue weighted by Gasteiger charge is -2.25. The number of nitrogens with zero attached hydrogens (tertiary/aromatic N) is 2. The fourth-order valence-electron chi connectivity index (χ4n) is 2.64. The largest absolute Gasteiger partial charge is 0.497 e. The maximum atomic E-state index is 5.28. The molecule has 0 aromatic heterocycles. The Balaban J connectivity index is 1.63. The fraction of sp³-hybridized carbons (Fsp3) is 0.533. The first-order chi connectivity index (χ1) is 9.28. The van der Waals surface area contributed by atoms with Gasteiger partial charge in [-0.2, -0.15) is 0 Å². The summed E-state index contributed by atoms with van der Waals surface area (Å²) in [5.74, 6) is 2.59. The molecule has 0 bridgehead atoms. The molecular weight excluding hydrogens is 238 g/mol. The molecule has 1 aliphatic heterocycles. The van der Waals surface area contributed by atoms with Crippen molar-refractivity contribution >= 4 is 5.96 Å². The minimum Gasteiger partial charge on any atom is -0.497 e. The molecule has 0 spiro atoms. The van der Waals surface area contributed by atoms with Crippen molar-refractivity contribution in [3.8, 4) is 5.75 Å². The number of aliphatic imine (C=N–C) groups is 1. The summed E-state index contributed by atoms with van der Waals surface area (Å²) in [4.78, 5) is 6.77. The van der Waals surface area contributed by atoms with Crippen LogP contribution in [0.4, 0.5) is 0 Å². The predicted molar refractivity (Wildman–Crippen MR) is 76.8 cm³/mol. The quantitative estimate of drug-likeness (QED) is 0.900. The standard InChI is InChI=1S/C15H21N3O/c1-18-8-4-7-16-15(18)17-14-10-13(14)11-5-3-6-12(9-11)19-2/h3,5-6,9,13-14H,4,7-8,10H2,1-2H3,(H,16,17)/t13-,14+/m0/s1. The summed E-state index contributed by atoms with van der Waals surface area (Å²) in [5.41, 5.74) is 1.36. The van der Waals surface area contributed by atoms with Gasteiger partial charge in [-0.1, -0.05) is 12.1 Å². The van der Waals surface area contributed by atoms with Crippen LogP contribution in [0.25, 0.3) is 0 Å². The van der Waals surface area contributed by atoms with E-state index in [1.807, 2.05) is 6.07 Å². The Hall–Kier alpha value is -1.71. The van der Waals surface area contributed by atoms with E-state index < -0.39 is 0 Å². The SMILES string of the molecule is COc1cccc([C@@H]2C[C@H]2NC2=NCCCN2C)c1. The first-order valence-corrected chi connectivity index (χ1v) is 6.94. The molecule has 0 unspecified atom stereocenters. The molecule has 1 aliphatic carbocycles. The highest BCUT2D eigenvalue weighted by Crippen LogP contribution is 2.41. The summed E-state index contributed by atoms with van der Waals surface area (Å²) >= 11 is 0. The lowest BCUT2D eigenvalue weighted by Crippen LogP contribution is -2.43. The molecule has 19 heavy (non-hydrogen) atoms. The van der Waals surface area contributed by atoms with Crippen molar-refractivity contribution in [2.75, 3.05) is 27.2 Å². The Labute approximate surface area is 114 Å². The maximum Gasteiger partial charge on any atom is 0.193 e. The molecule has 4 heteroatoms. The van der Waals surface area contributed by atoms with Crippen LogP contribution in [0, 0.1) is 0 Å². The lowest BCUT2D eigenvalue weighted by atomic mass is 10.1. The molecule has 3 rings (SSSR count). The van der Waals surface area contributed by atoms with Gasteiger partial charge in [-0.25, -0.2) is 0 Å². The van der Waals surface area contributed by atoms with E-state index in [2.05, 4.69) is 40.5 Å². The topological polar surface area (TPSA) is 36.9 Å². The number of hydrogen-bond donors (Lipinski definition) is 1.